The molecule has 1 saturated heterocycles. The highest BCUT2D eigenvalue weighted by Gasteiger charge is 2.18. The van der Waals surface area contributed by atoms with Crippen molar-refractivity contribution in [3.8, 4) is 6.07 Å². The van der Waals surface area contributed by atoms with E-state index in [0.29, 0.717) is 0 Å². The third-order valence-electron chi connectivity index (χ3n) is 3.87. The Labute approximate surface area is 118 Å². The summed E-state index contributed by atoms with van der Waals surface area (Å²) in [5.74, 6) is 0.854. The lowest BCUT2D eigenvalue weighted by Crippen LogP contribution is -2.25. The Bertz CT molecular complexity index is 450. The molecule has 2 nitrogen and oxygen atoms in total. The minimum absolute atomic E-state index is 0.771. The average Bonchev–Trinajstić information content (AvgIpc) is 2.63. The smallest absolute Gasteiger partial charge is 0.103 e. The third-order valence-corrected chi connectivity index (χ3v) is 4.53. The maximum Gasteiger partial charge on any atom is 0.103 e. The molecule has 0 N–H and O–H groups in total. The van der Waals surface area contributed by atoms with Crippen molar-refractivity contribution in [3.63, 3.8) is 0 Å². The van der Waals surface area contributed by atoms with Gasteiger partial charge < -0.3 is 4.90 Å². The first-order valence-electron chi connectivity index (χ1n) is 6.69. The van der Waals surface area contributed by atoms with Crippen LogP contribution in [0.3, 0.4) is 0 Å². The lowest BCUT2D eigenvalue weighted by molar-refractivity contribution is 0.459. The molecule has 2 rings (SSSR count). The number of halogens is 1. The monoisotopic (exact) mass is 306 g/mol. The van der Waals surface area contributed by atoms with Crippen molar-refractivity contribution in [3.05, 3.63) is 28.2 Å². The van der Waals surface area contributed by atoms with Crippen molar-refractivity contribution in [2.24, 2.45) is 5.92 Å². The van der Waals surface area contributed by atoms with Crippen LogP contribution in [-0.2, 0) is 0 Å². The standard InChI is InChI=1S/C15H19BrN2/c1-2-12-5-4-9-18(10-8-12)15-7-3-6-14(16)13(15)11-17/h3,6-7,12H,2,4-5,8-10H2,1H3. The van der Waals surface area contributed by atoms with Crippen LogP contribution in [0.5, 0.6) is 0 Å². The molecule has 96 valence electrons. The Morgan fingerprint density at radius 1 is 1.39 bits per heavy atom. The van der Waals surface area contributed by atoms with Gasteiger partial charge in [-0.1, -0.05) is 19.4 Å². The fraction of sp³-hybridized carbons (Fsp3) is 0.533. The van der Waals surface area contributed by atoms with Gasteiger partial charge in [0.2, 0.25) is 0 Å². The van der Waals surface area contributed by atoms with E-state index in [2.05, 4.69) is 39.9 Å². The van der Waals surface area contributed by atoms with Crippen molar-refractivity contribution < 1.29 is 0 Å². The van der Waals surface area contributed by atoms with Gasteiger partial charge in [0, 0.05) is 17.6 Å². The highest BCUT2D eigenvalue weighted by Crippen LogP contribution is 2.30. The van der Waals surface area contributed by atoms with Gasteiger partial charge in [0.1, 0.15) is 6.07 Å². The molecule has 3 heteroatoms. The zero-order valence-electron chi connectivity index (χ0n) is 10.8. The number of nitriles is 1. The third kappa shape index (κ3) is 2.87. The van der Waals surface area contributed by atoms with Gasteiger partial charge in [-0.2, -0.15) is 5.26 Å². The second-order valence-corrected chi connectivity index (χ2v) is 5.79. The maximum absolute atomic E-state index is 9.29. The summed E-state index contributed by atoms with van der Waals surface area (Å²) in [6.07, 6.45) is 5.07. The molecule has 1 aliphatic heterocycles. The summed E-state index contributed by atoms with van der Waals surface area (Å²) >= 11 is 3.47. The SMILES string of the molecule is CCC1CCCN(c2cccc(Br)c2C#N)CC1. The summed E-state index contributed by atoms with van der Waals surface area (Å²) in [7, 11) is 0. The molecule has 0 saturated carbocycles. The van der Waals surface area contributed by atoms with Crippen molar-refractivity contribution >= 4 is 21.6 Å². The molecule has 1 aromatic carbocycles. The lowest BCUT2D eigenvalue weighted by atomic mass is 9.98. The van der Waals surface area contributed by atoms with Crippen LogP contribution in [0.4, 0.5) is 5.69 Å². The summed E-state index contributed by atoms with van der Waals surface area (Å²) in [5.41, 5.74) is 1.86. The van der Waals surface area contributed by atoms with E-state index in [4.69, 9.17) is 0 Å². The number of anilines is 1. The number of benzene rings is 1. The number of hydrogen-bond acceptors (Lipinski definition) is 2. The molecule has 0 aliphatic carbocycles. The average molecular weight is 307 g/mol. The molecule has 1 fully saturated rings. The topological polar surface area (TPSA) is 27.0 Å². The second-order valence-electron chi connectivity index (χ2n) is 4.94. The fourth-order valence-electron chi connectivity index (χ4n) is 2.70. The first kappa shape index (κ1) is 13.4. The molecule has 1 aliphatic rings. The molecule has 1 heterocycles. The first-order valence-corrected chi connectivity index (χ1v) is 7.49. The molecule has 1 unspecified atom stereocenters. The Hall–Kier alpha value is -1.01. The van der Waals surface area contributed by atoms with Crippen LogP contribution in [0.15, 0.2) is 22.7 Å². The normalized spacial score (nSPS) is 20.3. The highest BCUT2D eigenvalue weighted by atomic mass is 79.9. The predicted octanol–water partition coefficient (Wildman–Crippen LogP) is 4.34. The van der Waals surface area contributed by atoms with Gasteiger partial charge in [-0.3, -0.25) is 0 Å². The zero-order chi connectivity index (χ0) is 13.0. The second kappa shape index (κ2) is 6.24. The summed E-state index contributed by atoms with van der Waals surface area (Å²) in [4.78, 5) is 2.37. The summed E-state index contributed by atoms with van der Waals surface area (Å²) in [6, 6.07) is 8.34. The van der Waals surface area contributed by atoms with Crippen LogP contribution in [0, 0.1) is 17.2 Å². The van der Waals surface area contributed by atoms with E-state index in [9.17, 15) is 5.26 Å². The van der Waals surface area contributed by atoms with Crippen molar-refractivity contribution in [1.82, 2.24) is 0 Å². The van der Waals surface area contributed by atoms with Crippen LogP contribution < -0.4 is 4.90 Å². The van der Waals surface area contributed by atoms with Crippen LogP contribution in [0.1, 0.15) is 38.2 Å². The predicted molar refractivity (Wildman–Crippen MR) is 78.7 cm³/mol. The molecule has 1 atom stereocenters. The molecular formula is C15H19BrN2. The quantitative estimate of drug-likeness (QED) is 0.813. The first-order chi connectivity index (χ1) is 8.76. The van der Waals surface area contributed by atoms with Gasteiger partial charge in [-0.05, 0) is 53.2 Å². The van der Waals surface area contributed by atoms with E-state index >= 15 is 0 Å². The molecule has 0 bridgehead atoms. The zero-order valence-corrected chi connectivity index (χ0v) is 12.4. The number of nitrogens with zero attached hydrogens (tertiary/aromatic N) is 2. The molecule has 0 radical (unpaired) electrons. The number of rotatable bonds is 2. The van der Waals surface area contributed by atoms with Gasteiger partial charge in [-0.15, -0.1) is 0 Å². The Balaban J connectivity index is 2.22. The minimum Gasteiger partial charge on any atom is -0.370 e. The van der Waals surface area contributed by atoms with Crippen LogP contribution in [-0.4, -0.2) is 13.1 Å². The van der Waals surface area contributed by atoms with Crippen LogP contribution in [0.2, 0.25) is 0 Å². The Kier molecular flexibility index (Phi) is 4.66. The lowest BCUT2D eigenvalue weighted by Gasteiger charge is -2.24. The molecule has 1 aromatic rings. The van der Waals surface area contributed by atoms with E-state index < -0.39 is 0 Å². The number of hydrogen-bond donors (Lipinski definition) is 0. The van der Waals surface area contributed by atoms with Crippen molar-refractivity contribution in [2.75, 3.05) is 18.0 Å². The highest BCUT2D eigenvalue weighted by molar-refractivity contribution is 9.10. The van der Waals surface area contributed by atoms with Crippen LogP contribution in [0.25, 0.3) is 0 Å². The summed E-state index contributed by atoms with van der Waals surface area (Å²) < 4.78 is 0.902. The van der Waals surface area contributed by atoms with E-state index in [1.807, 2.05) is 12.1 Å². The van der Waals surface area contributed by atoms with Gasteiger partial charge in [0.15, 0.2) is 0 Å². The Morgan fingerprint density at radius 3 is 2.94 bits per heavy atom. The van der Waals surface area contributed by atoms with Crippen molar-refractivity contribution in [1.29, 1.82) is 5.26 Å². The maximum atomic E-state index is 9.29. The molecule has 18 heavy (non-hydrogen) atoms. The summed E-state index contributed by atoms with van der Waals surface area (Å²) in [5, 5.41) is 9.29. The van der Waals surface area contributed by atoms with Crippen molar-refractivity contribution in [2.45, 2.75) is 32.6 Å². The molecule has 0 amide bonds. The molecule has 0 spiro atoms. The largest absolute Gasteiger partial charge is 0.370 e. The van der Waals surface area contributed by atoms with Gasteiger partial charge in [0.25, 0.3) is 0 Å². The van der Waals surface area contributed by atoms with E-state index in [-0.39, 0.29) is 0 Å². The van der Waals surface area contributed by atoms with Gasteiger partial charge >= 0.3 is 0 Å². The minimum atomic E-state index is 0.771. The van der Waals surface area contributed by atoms with Gasteiger partial charge in [0.05, 0.1) is 11.3 Å². The van der Waals surface area contributed by atoms with Crippen LogP contribution >= 0.6 is 15.9 Å². The summed E-state index contributed by atoms with van der Waals surface area (Å²) in [6.45, 7) is 4.42. The fourth-order valence-corrected chi connectivity index (χ4v) is 3.15. The van der Waals surface area contributed by atoms with E-state index in [1.165, 1.54) is 25.7 Å². The Morgan fingerprint density at radius 2 is 2.22 bits per heavy atom. The van der Waals surface area contributed by atoms with E-state index in [1.54, 1.807) is 0 Å². The molecule has 0 aromatic heterocycles. The molecular weight excluding hydrogens is 288 g/mol. The van der Waals surface area contributed by atoms with E-state index in [0.717, 1.165) is 34.7 Å². The van der Waals surface area contributed by atoms with Gasteiger partial charge in [-0.25, -0.2) is 0 Å².